The fourth-order valence-corrected chi connectivity index (χ4v) is 3.32. The number of hydrogen-bond acceptors (Lipinski definition) is 3. The lowest BCUT2D eigenvalue weighted by Crippen LogP contribution is -1.97. The molecule has 2 N–H and O–H groups in total. The third kappa shape index (κ3) is 2.48. The molecule has 0 saturated carbocycles. The van der Waals surface area contributed by atoms with Crippen LogP contribution in [-0.4, -0.2) is 4.21 Å². The van der Waals surface area contributed by atoms with Crippen LogP contribution in [0.5, 0.6) is 0 Å². The van der Waals surface area contributed by atoms with Gasteiger partial charge in [0.15, 0.2) is 0 Å². The molecule has 0 radical (unpaired) electrons. The van der Waals surface area contributed by atoms with Crippen molar-refractivity contribution < 1.29 is 8.60 Å². The molecule has 2 rings (SSSR count). The average molecular weight is 255 g/mol. The SMILES string of the molecule is Nc1ccc(S(=O)Cc2cccs2)cc1F. The number of rotatable bonds is 3. The fraction of sp³-hybridized carbons (Fsp3) is 0.0909. The van der Waals surface area contributed by atoms with Gasteiger partial charge in [-0.3, -0.25) is 4.21 Å². The van der Waals surface area contributed by atoms with Crippen molar-refractivity contribution in [3.8, 4) is 0 Å². The van der Waals surface area contributed by atoms with Crippen LogP contribution in [0.15, 0.2) is 40.6 Å². The van der Waals surface area contributed by atoms with Gasteiger partial charge in [0.2, 0.25) is 0 Å². The van der Waals surface area contributed by atoms with Crippen molar-refractivity contribution in [3.05, 3.63) is 46.4 Å². The molecule has 5 heteroatoms. The van der Waals surface area contributed by atoms with E-state index in [9.17, 15) is 8.60 Å². The average Bonchev–Trinajstić information content (AvgIpc) is 2.74. The number of nitrogens with two attached hydrogens (primary N) is 1. The van der Waals surface area contributed by atoms with Crippen LogP contribution in [0.2, 0.25) is 0 Å². The lowest BCUT2D eigenvalue weighted by Gasteiger charge is -2.02. The van der Waals surface area contributed by atoms with Crippen LogP contribution in [0.4, 0.5) is 10.1 Å². The van der Waals surface area contributed by atoms with Gasteiger partial charge in [-0.1, -0.05) is 6.07 Å². The quantitative estimate of drug-likeness (QED) is 0.857. The monoisotopic (exact) mass is 255 g/mol. The van der Waals surface area contributed by atoms with E-state index in [-0.39, 0.29) is 5.69 Å². The Kier molecular flexibility index (Phi) is 3.36. The Labute approximate surface area is 99.4 Å². The second kappa shape index (κ2) is 4.76. The van der Waals surface area contributed by atoms with E-state index in [4.69, 9.17) is 5.73 Å². The van der Waals surface area contributed by atoms with Crippen molar-refractivity contribution in [1.29, 1.82) is 0 Å². The standard InChI is InChI=1S/C11H10FNOS2/c12-10-6-9(3-4-11(10)13)16(14)7-8-2-1-5-15-8/h1-6H,7,13H2. The highest BCUT2D eigenvalue weighted by Crippen LogP contribution is 2.19. The predicted octanol–water partition coefficient (Wildman–Crippen LogP) is 2.78. The van der Waals surface area contributed by atoms with Crippen LogP contribution in [0.25, 0.3) is 0 Å². The van der Waals surface area contributed by atoms with Crippen molar-refractivity contribution in [2.45, 2.75) is 10.6 Å². The van der Waals surface area contributed by atoms with Crippen molar-refractivity contribution in [3.63, 3.8) is 0 Å². The number of thiophene rings is 1. The summed E-state index contributed by atoms with van der Waals surface area (Å²) in [6.07, 6.45) is 0. The van der Waals surface area contributed by atoms with Gasteiger partial charge >= 0.3 is 0 Å². The zero-order valence-electron chi connectivity index (χ0n) is 8.35. The molecule has 1 aromatic heterocycles. The van der Waals surface area contributed by atoms with E-state index < -0.39 is 16.6 Å². The number of halogens is 1. The second-order valence-corrected chi connectivity index (χ2v) is 5.74. The normalized spacial score (nSPS) is 12.6. The summed E-state index contributed by atoms with van der Waals surface area (Å²) in [5, 5.41) is 1.93. The molecule has 84 valence electrons. The molecule has 0 aliphatic carbocycles. The summed E-state index contributed by atoms with van der Waals surface area (Å²) in [6.45, 7) is 0. The highest BCUT2D eigenvalue weighted by molar-refractivity contribution is 7.84. The molecule has 0 amide bonds. The van der Waals surface area contributed by atoms with Gasteiger partial charge in [-0.15, -0.1) is 11.3 Å². The van der Waals surface area contributed by atoms with Gasteiger partial charge in [0, 0.05) is 9.77 Å². The molecule has 16 heavy (non-hydrogen) atoms. The summed E-state index contributed by atoms with van der Waals surface area (Å²) < 4.78 is 25.0. The Bertz CT molecular complexity index is 511. The number of hydrogen-bond donors (Lipinski definition) is 1. The third-order valence-corrected chi connectivity index (χ3v) is 4.50. The predicted molar refractivity (Wildman–Crippen MR) is 65.2 cm³/mol. The highest BCUT2D eigenvalue weighted by Gasteiger charge is 2.08. The van der Waals surface area contributed by atoms with Crippen LogP contribution in [-0.2, 0) is 16.6 Å². The van der Waals surface area contributed by atoms with E-state index in [1.807, 2.05) is 17.5 Å². The summed E-state index contributed by atoms with van der Waals surface area (Å²) >= 11 is 1.54. The van der Waals surface area contributed by atoms with Gasteiger partial charge in [-0.2, -0.15) is 0 Å². The highest BCUT2D eigenvalue weighted by atomic mass is 32.2. The van der Waals surface area contributed by atoms with E-state index >= 15 is 0 Å². The zero-order valence-corrected chi connectivity index (χ0v) is 9.98. The first-order chi connectivity index (χ1) is 7.66. The Morgan fingerprint density at radius 1 is 1.38 bits per heavy atom. The molecule has 0 aliphatic rings. The lowest BCUT2D eigenvalue weighted by atomic mass is 10.3. The summed E-state index contributed by atoms with van der Waals surface area (Å²) in [6, 6.07) is 8.09. The van der Waals surface area contributed by atoms with E-state index in [1.165, 1.54) is 12.1 Å². The summed E-state index contributed by atoms with van der Waals surface area (Å²) in [7, 11) is -1.22. The second-order valence-electron chi connectivity index (χ2n) is 3.25. The Morgan fingerprint density at radius 2 is 2.19 bits per heavy atom. The van der Waals surface area contributed by atoms with Gasteiger partial charge < -0.3 is 5.73 Å². The minimum atomic E-state index is -1.22. The van der Waals surface area contributed by atoms with Crippen LogP contribution >= 0.6 is 11.3 Å². The molecule has 0 bridgehead atoms. The number of benzene rings is 1. The smallest absolute Gasteiger partial charge is 0.147 e. The zero-order chi connectivity index (χ0) is 11.5. The van der Waals surface area contributed by atoms with Gasteiger partial charge in [-0.25, -0.2) is 4.39 Å². The first-order valence-electron chi connectivity index (χ1n) is 4.62. The first kappa shape index (κ1) is 11.3. The molecule has 0 fully saturated rings. The minimum absolute atomic E-state index is 0.0804. The Hall–Kier alpha value is -1.20. The van der Waals surface area contributed by atoms with Crippen molar-refractivity contribution in [1.82, 2.24) is 0 Å². The fourth-order valence-electron chi connectivity index (χ4n) is 1.26. The van der Waals surface area contributed by atoms with E-state index in [1.54, 1.807) is 17.4 Å². The molecule has 2 nitrogen and oxygen atoms in total. The van der Waals surface area contributed by atoms with Crippen molar-refractivity contribution in [2.24, 2.45) is 0 Å². The van der Waals surface area contributed by atoms with E-state index in [0.29, 0.717) is 10.6 Å². The summed E-state index contributed by atoms with van der Waals surface area (Å²) in [4.78, 5) is 1.50. The Morgan fingerprint density at radius 3 is 2.81 bits per heavy atom. The molecule has 1 unspecified atom stereocenters. The first-order valence-corrected chi connectivity index (χ1v) is 6.82. The maximum atomic E-state index is 13.2. The van der Waals surface area contributed by atoms with Crippen molar-refractivity contribution >= 4 is 27.8 Å². The van der Waals surface area contributed by atoms with Gasteiger partial charge in [-0.05, 0) is 29.6 Å². The largest absolute Gasteiger partial charge is 0.396 e. The number of nitrogen functional groups attached to an aromatic ring is 1. The molecule has 0 spiro atoms. The maximum absolute atomic E-state index is 13.2. The van der Waals surface area contributed by atoms with Gasteiger partial charge in [0.25, 0.3) is 0 Å². The Balaban J connectivity index is 2.18. The molecule has 2 aromatic rings. The van der Waals surface area contributed by atoms with Crippen LogP contribution in [0.1, 0.15) is 4.88 Å². The molecule has 0 saturated heterocycles. The lowest BCUT2D eigenvalue weighted by molar-refractivity contribution is 0.627. The van der Waals surface area contributed by atoms with E-state index in [0.717, 1.165) is 4.88 Å². The van der Waals surface area contributed by atoms with Crippen LogP contribution in [0, 0.1) is 5.82 Å². The topological polar surface area (TPSA) is 43.1 Å². The minimum Gasteiger partial charge on any atom is -0.396 e. The summed E-state index contributed by atoms with van der Waals surface area (Å²) in [5.74, 6) is -0.0990. The van der Waals surface area contributed by atoms with Gasteiger partial charge in [0.1, 0.15) is 5.82 Å². The molecular weight excluding hydrogens is 245 g/mol. The maximum Gasteiger partial charge on any atom is 0.147 e. The molecule has 1 heterocycles. The van der Waals surface area contributed by atoms with Crippen molar-refractivity contribution in [2.75, 3.05) is 5.73 Å². The third-order valence-electron chi connectivity index (χ3n) is 2.09. The summed E-state index contributed by atoms with van der Waals surface area (Å²) in [5.41, 5.74) is 5.43. The molecular formula is C11H10FNOS2. The van der Waals surface area contributed by atoms with Crippen LogP contribution in [0.3, 0.4) is 0 Å². The molecule has 1 atom stereocenters. The molecule has 0 aliphatic heterocycles. The molecule has 1 aromatic carbocycles. The number of anilines is 1. The van der Waals surface area contributed by atoms with Gasteiger partial charge in [0.05, 0.1) is 22.2 Å². The van der Waals surface area contributed by atoms with Crippen LogP contribution < -0.4 is 5.73 Å². The van der Waals surface area contributed by atoms with E-state index in [2.05, 4.69) is 0 Å².